The Morgan fingerprint density at radius 3 is 2.56 bits per heavy atom. The Kier molecular flexibility index (Phi) is 3.22. The van der Waals surface area contributed by atoms with Gasteiger partial charge in [0, 0.05) is 28.6 Å². The fourth-order valence-corrected chi connectivity index (χ4v) is 3.58. The average Bonchev–Trinajstić information content (AvgIpc) is 1.89. The maximum atomic E-state index is 5.56. The van der Waals surface area contributed by atoms with Crippen molar-refractivity contribution >= 4 is 23.5 Å². The summed E-state index contributed by atoms with van der Waals surface area (Å²) in [6.45, 7) is 3.12. The lowest BCUT2D eigenvalue weighted by molar-refractivity contribution is 0.838. The lowest BCUT2D eigenvalue weighted by Crippen LogP contribution is -2.30. The molecule has 9 heavy (non-hydrogen) atoms. The van der Waals surface area contributed by atoms with Gasteiger partial charge >= 0.3 is 0 Å². The van der Waals surface area contributed by atoms with E-state index < -0.39 is 0 Å². The van der Waals surface area contributed by atoms with Crippen LogP contribution < -0.4 is 5.73 Å². The summed E-state index contributed by atoms with van der Waals surface area (Å²) in [4.78, 5) is 0. The quantitative estimate of drug-likeness (QED) is 0.628. The molecule has 0 radical (unpaired) electrons. The molecule has 54 valence electrons. The first-order chi connectivity index (χ1) is 4.34. The van der Waals surface area contributed by atoms with Crippen LogP contribution in [-0.2, 0) is 0 Å². The second kappa shape index (κ2) is 3.74. The van der Waals surface area contributed by atoms with Gasteiger partial charge in [-0.2, -0.15) is 23.5 Å². The van der Waals surface area contributed by atoms with Gasteiger partial charge in [-0.15, -0.1) is 0 Å². The summed E-state index contributed by atoms with van der Waals surface area (Å²) < 4.78 is 0. The van der Waals surface area contributed by atoms with E-state index in [1.807, 2.05) is 23.5 Å². The molecule has 2 unspecified atom stereocenters. The maximum absolute atomic E-state index is 5.56. The Balaban J connectivity index is 2.30. The van der Waals surface area contributed by atoms with Crippen molar-refractivity contribution < 1.29 is 0 Å². The van der Waals surface area contributed by atoms with Crippen molar-refractivity contribution in [3.8, 4) is 0 Å². The monoisotopic (exact) mass is 163 g/mol. The van der Waals surface area contributed by atoms with Gasteiger partial charge in [-0.1, -0.05) is 6.92 Å². The first kappa shape index (κ1) is 7.76. The van der Waals surface area contributed by atoms with Crippen LogP contribution in [0.3, 0.4) is 0 Å². The Morgan fingerprint density at radius 2 is 2.11 bits per heavy atom. The van der Waals surface area contributed by atoms with Gasteiger partial charge in [0.2, 0.25) is 0 Å². The molecule has 1 heterocycles. The first-order valence-corrected chi connectivity index (χ1v) is 5.37. The minimum atomic E-state index is 0.712. The Hall–Kier alpha value is 0.660. The maximum Gasteiger partial charge on any atom is 0.0286 e. The van der Waals surface area contributed by atoms with Crippen molar-refractivity contribution in [1.82, 2.24) is 0 Å². The lowest BCUT2D eigenvalue weighted by atomic mass is 10.3. The van der Waals surface area contributed by atoms with Crippen molar-refractivity contribution in [2.75, 3.05) is 18.1 Å². The third-order valence-corrected chi connectivity index (χ3v) is 4.75. The molecule has 0 amide bonds. The molecule has 0 spiro atoms. The van der Waals surface area contributed by atoms with Crippen molar-refractivity contribution in [1.29, 1.82) is 0 Å². The van der Waals surface area contributed by atoms with Crippen LogP contribution in [0.15, 0.2) is 0 Å². The molecule has 1 aliphatic heterocycles. The van der Waals surface area contributed by atoms with Crippen LogP contribution in [0.1, 0.15) is 6.92 Å². The van der Waals surface area contributed by atoms with E-state index in [1.165, 1.54) is 11.5 Å². The minimum absolute atomic E-state index is 0.712. The topological polar surface area (TPSA) is 26.0 Å². The third kappa shape index (κ3) is 2.06. The van der Waals surface area contributed by atoms with Gasteiger partial charge in [0.15, 0.2) is 0 Å². The third-order valence-electron chi connectivity index (χ3n) is 1.55. The summed E-state index contributed by atoms with van der Waals surface area (Å²) in [7, 11) is 0. The highest BCUT2D eigenvalue weighted by Crippen LogP contribution is 2.29. The van der Waals surface area contributed by atoms with Gasteiger partial charge in [0.25, 0.3) is 0 Å². The average molecular weight is 163 g/mol. The van der Waals surface area contributed by atoms with Crippen molar-refractivity contribution in [3.05, 3.63) is 0 Å². The molecule has 0 saturated carbocycles. The van der Waals surface area contributed by atoms with Crippen LogP contribution in [0, 0.1) is 0 Å². The fraction of sp³-hybridized carbons (Fsp3) is 1.00. The van der Waals surface area contributed by atoms with Crippen LogP contribution in [0.5, 0.6) is 0 Å². The highest BCUT2D eigenvalue weighted by Gasteiger charge is 2.20. The van der Waals surface area contributed by atoms with Gasteiger partial charge < -0.3 is 5.73 Å². The molecule has 1 aliphatic rings. The van der Waals surface area contributed by atoms with Crippen LogP contribution in [-0.4, -0.2) is 28.6 Å². The summed E-state index contributed by atoms with van der Waals surface area (Å²) >= 11 is 4.08. The molecule has 0 bridgehead atoms. The number of thioether (sulfide) groups is 2. The van der Waals surface area contributed by atoms with E-state index >= 15 is 0 Å². The number of hydrogen-bond acceptors (Lipinski definition) is 3. The van der Waals surface area contributed by atoms with E-state index in [4.69, 9.17) is 5.73 Å². The zero-order valence-electron chi connectivity index (χ0n) is 5.67. The summed E-state index contributed by atoms with van der Waals surface area (Å²) in [5.41, 5.74) is 5.56. The number of hydrogen-bond donors (Lipinski definition) is 1. The zero-order valence-corrected chi connectivity index (χ0v) is 7.30. The summed E-state index contributed by atoms with van der Waals surface area (Å²) in [6, 6.07) is 0. The lowest BCUT2D eigenvalue weighted by Gasteiger charge is -2.26. The molecule has 1 saturated heterocycles. The largest absolute Gasteiger partial charge is 0.329 e. The Morgan fingerprint density at radius 1 is 1.44 bits per heavy atom. The van der Waals surface area contributed by atoms with E-state index in [-0.39, 0.29) is 0 Å². The van der Waals surface area contributed by atoms with Gasteiger partial charge in [0.05, 0.1) is 0 Å². The van der Waals surface area contributed by atoms with Crippen LogP contribution in [0.4, 0.5) is 0 Å². The van der Waals surface area contributed by atoms with Crippen LogP contribution >= 0.6 is 23.5 Å². The molecule has 0 aromatic rings. The predicted octanol–water partition coefficient (Wildman–Crippen LogP) is 1.18. The Bertz CT molecular complexity index is 87.1. The molecule has 0 aromatic heterocycles. The SMILES string of the molecule is CC1SCCSC1CN. The molecular weight excluding hydrogens is 150 g/mol. The molecule has 1 nitrogen and oxygen atoms in total. The van der Waals surface area contributed by atoms with Crippen LogP contribution in [0.2, 0.25) is 0 Å². The summed E-state index contributed by atoms with van der Waals surface area (Å²) in [5.74, 6) is 2.60. The number of nitrogens with two attached hydrogens (primary N) is 1. The zero-order chi connectivity index (χ0) is 6.69. The molecule has 3 heteroatoms. The molecule has 0 aromatic carbocycles. The van der Waals surface area contributed by atoms with E-state index in [2.05, 4.69) is 6.92 Å². The van der Waals surface area contributed by atoms with E-state index in [1.54, 1.807) is 0 Å². The smallest absolute Gasteiger partial charge is 0.0286 e. The standard InChI is InChI=1S/C6H13NS2/c1-5-6(4-7)9-3-2-8-5/h5-6H,2-4,7H2,1H3. The normalized spacial score (nSPS) is 36.7. The summed E-state index contributed by atoms with van der Waals surface area (Å²) in [6.07, 6.45) is 0. The van der Waals surface area contributed by atoms with Crippen LogP contribution in [0.25, 0.3) is 0 Å². The van der Waals surface area contributed by atoms with Crippen molar-refractivity contribution in [2.24, 2.45) is 5.73 Å². The Labute approximate surface area is 65.1 Å². The van der Waals surface area contributed by atoms with Gasteiger partial charge in [0.1, 0.15) is 0 Å². The summed E-state index contributed by atoms with van der Waals surface area (Å²) in [5, 5.41) is 1.48. The molecule has 0 aliphatic carbocycles. The second-order valence-electron chi connectivity index (χ2n) is 2.22. The van der Waals surface area contributed by atoms with E-state index in [0.717, 1.165) is 11.8 Å². The van der Waals surface area contributed by atoms with Gasteiger partial charge in [-0.25, -0.2) is 0 Å². The molecule has 1 fully saturated rings. The fourth-order valence-electron chi connectivity index (χ4n) is 0.936. The van der Waals surface area contributed by atoms with E-state index in [0.29, 0.717) is 5.25 Å². The first-order valence-electron chi connectivity index (χ1n) is 3.28. The molecule has 2 atom stereocenters. The second-order valence-corrected chi connectivity index (χ2v) is 5.05. The molecule has 1 rings (SSSR count). The highest BCUT2D eigenvalue weighted by atomic mass is 32.2. The molecular formula is C6H13NS2. The number of rotatable bonds is 1. The van der Waals surface area contributed by atoms with Gasteiger partial charge in [-0.05, 0) is 0 Å². The predicted molar refractivity (Wildman–Crippen MR) is 47.2 cm³/mol. The van der Waals surface area contributed by atoms with E-state index in [9.17, 15) is 0 Å². The van der Waals surface area contributed by atoms with Crippen molar-refractivity contribution in [2.45, 2.75) is 17.4 Å². The highest BCUT2D eigenvalue weighted by molar-refractivity contribution is 8.07. The minimum Gasteiger partial charge on any atom is -0.329 e. The molecule has 2 N–H and O–H groups in total. The van der Waals surface area contributed by atoms with Gasteiger partial charge in [-0.3, -0.25) is 0 Å². The van der Waals surface area contributed by atoms with Crippen molar-refractivity contribution in [3.63, 3.8) is 0 Å².